The van der Waals surface area contributed by atoms with Gasteiger partial charge in [-0.25, -0.2) is 9.97 Å². The van der Waals surface area contributed by atoms with Gasteiger partial charge in [-0.3, -0.25) is 4.79 Å². The van der Waals surface area contributed by atoms with Crippen LogP contribution in [0, 0.1) is 6.92 Å². The topological polar surface area (TPSA) is 85.4 Å². The third-order valence-corrected chi connectivity index (χ3v) is 4.46. The van der Waals surface area contributed by atoms with Crippen molar-refractivity contribution in [1.29, 1.82) is 0 Å². The molecule has 3 aromatic rings. The molecule has 4 rings (SSSR count). The molecule has 0 fully saturated rings. The van der Waals surface area contributed by atoms with Crippen LogP contribution in [0.5, 0.6) is 11.5 Å². The van der Waals surface area contributed by atoms with Crippen molar-refractivity contribution < 1.29 is 14.3 Å². The Bertz CT molecular complexity index is 1040. The Morgan fingerprint density at radius 3 is 2.89 bits per heavy atom. The highest BCUT2D eigenvalue weighted by Gasteiger charge is 2.14. The first-order valence-corrected chi connectivity index (χ1v) is 8.99. The van der Waals surface area contributed by atoms with Crippen molar-refractivity contribution in [2.75, 3.05) is 17.4 Å². The minimum absolute atomic E-state index is 0.235. The Hall–Kier alpha value is -3.32. The summed E-state index contributed by atoms with van der Waals surface area (Å²) in [4.78, 5) is 21.0. The lowest BCUT2D eigenvalue weighted by Crippen LogP contribution is -2.16. The number of halogens is 1. The van der Waals surface area contributed by atoms with E-state index in [1.54, 1.807) is 18.2 Å². The molecule has 8 heteroatoms. The minimum atomic E-state index is -0.334. The SMILES string of the molecule is Cc1ccc(Cl)cc1NC(=O)c1ccnc(NCc2ccc3c(c2)OCO3)n1. The molecule has 1 aliphatic heterocycles. The summed E-state index contributed by atoms with van der Waals surface area (Å²) in [6, 6.07) is 12.6. The zero-order valence-electron chi connectivity index (χ0n) is 15.0. The van der Waals surface area contributed by atoms with Crippen molar-refractivity contribution in [1.82, 2.24) is 9.97 Å². The molecular weight excluding hydrogens is 380 g/mol. The molecule has 1 amide bonds. The second-order valence-electron chi connectivity index (χ2n) is 6.22. The monoisotopic (exact) mass is 396 g/mol. The molecule has 2 N–H and O–H groups in total. The van der Waals surface area contributed by atoms with Crippen LogP contribution in [0.2, 0.25) is 5.02 Å². The number of carbonyl (C=O) groups excluding carboxylic acids is 1. The maximum atomic E-state index is 12.5. The number of nitrogens with one attached hydrogen (secondary N) is 2. The standard InChI is InChI=1S/C20H17ClN4O3/c1-12-2-4-14(21)9-16(12)24-19(26)15-6-7-22-20(25-15)23-10-13-3-5-17-18(8-13)28-11-27-17/h2-9H,10-11H2,1H3,(H,24,26)(H,22,23,25). The van der Waals surface area contributed by atoms with E-state index in [4.69, 9.17) is 21.1 Å². The van der Waals surface area contributed by atoms with Crippen LogP contribution in [0.3, 0.4) is 0 Å². The van der Waals surface area contributed by atoms with Crippen LogP contribution >= 0.6 is 11.6 Å². The molecule has 0 spiro atoms. The number of aryl methyl sites for hydroxylation is 1. The van der Waals surface area contributed by atoms with Gasteiger partial charge in [0.2, 0.25) is 12.7 Å². The fourth-order valence-corrected chi connectivity index (χ4v) is 2.89. The van der Waals surface area contributed by atoms with E-state index in [1.165, 1.54) is 6.20 Å². The van der Waals surface area contributed by atoms with E-state index in [0.717, 1.165) is 16.9 Å². The molecule has 0 radical (unpaired) electrons. The Labute approximate surface area is 166 Å². The third kappa shape index (κ3) is 3.99. The fourth-order valence-electron chi connectivity index (χ4n) is 2.72. The van der Waals surface area contributed by atoms with Gasteiger partial charge in [-0.05, 0) is 48.4 Å². The summed E-state index contributed by atoms with van der Waals surface area (Å²) in [5, 5.41) is 6.49. The van der Waals surface area contributed by atoms with Gasteiger partial charge in [-0.15, -0.1) is 0 Å². The van der Waals surface area contributed by atoms with Gasteiger partial charge in [-0.1, -0.05) is 23.7 Å². The highest BCUT2D eigenvalue weighted by Crippen LogP contribution is 2.32. The summed E-state index contributed by atoms with van der Waals surface area (Å²) in [5.41, 5.74) is 2.79. The second-order valence-corrected chi connectivity index (χ2v) is 6.66. The number of hydrogen-bond donors (Lipinski definition) is 2. The van der Waals surface area contributed by atoms with Gasteiger partial charge in [0.1, 0.15) is 5.69 Å². The quantitative estimate of drug-likeness (QED) is 0.677. The molecule has 7 nitrogen and oxygen atoms in total. The fraction of sp³-hybridized carbons (Fsp3) is 0.150. The summed E-state index contributed by atoms with van der Waals surface area (Å²) in [7, 11) is 0. The largest absolute Gasteiger partial charge is 0.454 e. The summed E-state index contributed by atoms with van der Waals surface area (Å²) < 4.78 is 10.7. The molecule has 0 atom stereocenters. The molecule has 1 aliphatic rings. The van der Waals surface area contributed by atoms with Crippen LogP contribution in [0.15, 0.2) is 48.7 Å². The zero-order chi connectivity index (χ0) is 19.5. The molecule has 142 valence electrons. The average molecular weight is 397 g/mol. The van der Waals surface area contributed by atoms with Crippen molar-refractivity contribution in [2.45, 2.75) is 13.5 Å². The molecule has 1 aromatic heterocycles. The Morgan fingerprint density at radius 1 is 1.14 bits per heavy atom. The molecule has 0 unspecified atom stereocenters. The maximum Gasteiger partial charge on any atom is 0.274 e. The first-order valence-electron chi connectivity index (χ1n) is 8.61. The van der Waals surface area contributed by atoms with E-state index in [1.807, 2.05) is 31.2 Å². The van der Waals surface area contributed by atoms with Gasteiger partial charge < -0.3 is 20.1 Å². The third-order valence-electron chi connectivity index (χ3n) is 4.22. The van der Waals surface area contributed by atoms with E-state index >= 15 is 0 Å². The van der Waals surface area contributed by atoms with E-state index in [-0.39, 0.29) is 18.4 Å². The Balaban J connectivity index is 1.43. The van der Waals surface area contributed by atoms with Crippen LogP contribution in [0.1, 0.15) is 21.6 Å². The normalized spacial score (nSPS) is 11.9. The number of benzene rings is 2. The smallest absolute Gasteiger partial charge is 0.274 e. The lowest BCUT2D eigenvalue weighted by atomic mass is 10.2. The average Bonchev–Trinajstić information content (AvgIpc) is 3.17. The molecular formula is C20H17ClN4O3. The number of ether oxygens (including phenoxy) is 2. The van der Waals surface area contributed by atoms with Crippen LogP contribution < -0.4 is 20.1 Å². The number of hydrogen-bond acceptors (Lipinski definition) is 6. The first-order chi connectivity index (χ1) is 13.6. The number of aromatic nitrogens is 2. The summed E-state index contributed by atoms with van der Waals surface area (Å²) in [5.74, 6) is 1.47. The van der Waals surface area contributed by atoms with Gasteiger partial charge in [0.05, 0.1) is 0 Å². The number of anilines is 2. The number of amides is 1. The van der Waals surface area contributed by atoms with Crippen LogP contribution in [0.25, 0.3) is 0 Å². The molecule has 2 aromatic carbocycles. The number of carbonyl (C=O) groups is 1. The molecule has 0 saturated heterocycles. The molecule has 2 heterocycles. The van der Waals surface area contributed by atoms with E-state index in [0.29, 0.717) is 29.0 Å². The predicted molar refractivity (Wildman–Crippen MR) is 106 cm³/mol. The van der Waals surface area contributed by atoms with E-state index in [2.05, 4.69) is 20.6 Å². The van der Waals surface area contributed by atoms with E-state index in [9.17, 15) is 4.79 Å². The van der Waals surface area contributed by atoms with Crippen molar-refractivity contribution in [3.63, 3.8) is 0 Å². The molecule has 0 bridgehead atoms. The van der Waals surface area contributed by atoms with Gasteiger partial charge in [0.15, 0.2) is 11.5 Å². The van der Waals surface area contributed by atoms with Crippen molar-refractivity contribution >= 4 is 29.1 Å². The van der Waals surface area contributed by atoms with E-state index < -0.39 is 0 Å². The molecule has 0 saturated carbocycles. The summed E-state index contributed by atoms with van der Waals surface area (Å²) in [6.07, 6.45) is 1.54. The second kappa shape index (κ2) is 7.74. The van der Waals surface area contributed by atoms with Crippen LogP contribution in [0.4, 0.5) is 11.6 Å². The van der Waals surface area contributed by atoms with Gasteiger partial charge in [0.25, 0.3) is 5.91 Å². The van der Waals surface area contributed by atoms with Gasteiger partial charge >= 0.3 is 0 Å². The lowest BCUT2D eigenvalue weighted by molar-refractivity contribution is 0.102. The van der Waals surface area contributed by atoms with Crippen LogP contribution in [-0.2, 0) is 6.54 Å². The number of rotatable bonds is 5. The number of nitrogens with zero attached hydrogens (tertiary/aromatic N) is 2. The minimum Gasteiger partial charge on any atom is -0.454 e. The highest BCUT2D eigenvalue weighted by atomic mass is 35.5. The molecule has 28 heavy (non-hydrogen) atoms. The number of fused-ring (bicyclic) bond motifs is 1. The maximum absolute atomic E-state index is 12.5. The Morgan fingerprint density at radius 2 is 2.00 bits per heavy atom. The summed E-state index contributed by atoms with van der Waals surface area (Å²) >= 11 is 6.00. The Kier molecular flexibility index (Phi) is 4.99. The van der Waals surface area contributed by atoms with Crippen molar-refractivity contribution in [3.8, 4) is 11.5 Å². The first kappa shape index (κ1) is 18.1. The zero-order valence-corrected chi connectivity index (χ0v) is 15.8. The molecule has 0 aliphatic carbocycles. The predicted octanol–water partition coefficient (Wildman–Crippen LogP) is 4.03. The van der Waals surface area contributed by atoms with Crippen molar-refractivity contribution in [2.24, 2.45) is 0 Å². The lowest BCUT2D eigenvalue weighted by Gasteiger charge is -2.10. The summed E-state index contributed by atoms with van der Waals surface area (Å²) in [6.45, 7) is 2.61. The van der Waals surface area contributed by atoms with Gasteiger partial charge in [0, 0.05) is 23.5 Å². The van der Waals surface area contributed by atoms with Crippen LogP contribution in [-0.4, -0.2) is 22.7 Å². The van der Waals surface area contributed by atoms with Gasteiger partial charge in [-0.2, -0.15) is 0 Å². The van der Waals surface area contributed by atoms with Crippen molar-refractivity contribution in [3.05, 3.63) is 70.5 Å². The highest BCUT2D eigenvalue weighted by molar-refractivity contribution is 6.31.